The molecule has 2 aromatic heterocycles. The first-order valence-electron chi connectivity index (χ1n) is 7.18. The van der Waals surface area contributed by atoms with E-state index in [4.69, 9.17) is 11.6 Å². The van der Waals surface area contributed by atoms with E-state index in [0.29, 0.717) is 27.9 Å². The number of aromatic hydroxyl groups is 1. The van der Waals surface area contributed by atoms with Gasteiger partial charge in [-0.05, 0) is 43.0 Å². The molecule has 1 N–H and O–H groups in total. The second kappa shape index (κ2) is 6.68. The predicted molar refractivity (Wildman–Crippen MR) is 94.3 cm³/mol. The third-order valence-corrected chi connectivity index (χ3v) is 6.01. The van der Waals surface area contributed by atoms with Crippen molar-refractivity contribution in [3.05, 3.63) is 45.9 Å². The number of hydrogen-bond acceptors (Lipinski definition) is 4. The first-order chi connectivity index (χ1) is 12.4. The number of aromatic nitrogens is 1. The summed E-state index contributed by atoms with van der Waals surface area (Å²) in [6.45, 7) is 1.61. The van der Waals surface area contributed by atoms with E-state index in [0.717, 1.165) is 6.07 Å². The quantitative estimate of drug-likeness (QED) is 0.383. The smallest absolute Gasteiger partial charge is 0.464 e. The molecule has 0 amide bonds. The lowest BCUT2D eigenvalue weighted by molar-refractivity contribution is -0.237. The van der Waals surface area contributed by atoms with Crippen molar-refractivity contribution in [1.82, 2.24) is 4.57 Å². The largest absolute Gasteiger partial charge is 0.506 e. The Kier molecular flexibility index (Phi) is 4.94. The van der Waals surface area contributed by atoms with Crippen molar-refractivity contribution in [2.75, 3.05) is 0 Å². The molecular weight excluding hydrogens is 433 g/mol. The minimum absolute atomic E-state index is 0.0148. The Bertz CT molecular complexity index is 1040. The fraction of sp³-hybridized carbons (Fsp3) is 0.188. The number of nitrogens with zero attached hydrogens (tertiary/aromatic N) is 1. The van der Waals surface area contributed by atoms with Crippen LogP contribution in [0.2, 0.25) is 5.02 Å². The summed E-state index contributed by atoms with van der Waals surface area (Å²) in [6, 6.07) is 5.35. The van der Waals surface area contributed by atoms with Gasteiger partial charge in [0.05, 0.1) is 20.3 Å². The fourth-order valence-electron chi connectivity index (χ4n) is 2.42. The van der Waals surface area contributed by atoms with Gasteiger partial charge in [-0.3, -0.25) is 9.36 Å². The molecule has 3 rings (SSSR count). The number of aryl methyl sites for hydroxylation is 1. The van der Waals surface area contributed by atoms with Crippen molar-refractivity contribution in [3.63, 3.8) is 0 Å². The number of alkyl halides is 5. The Morgan fingerprint density at radius 3 is 2.48 bits per heavy atom. The number of thiophene rings is 1. The molecule has 144 valence electrons. The van der Waals surface area contributed by atoms with Crippen molar-refractivity contribution < 1.29 is 31.9 Å². The van der Waals surface area contributed by atoms with Crippen LogP contribution >= 0.6 is 34.7 Å². The summed E-state index contributed by atoms with van der Waals surface area (Å²) >= 11 is 5.84. The third kappa shape index (κ3) is 3.65. The van der Waals surface area contributed by atoms with Crippen LogP contribution in [0.1, 0.15) is 16.1 Å². The topological polar surface area (TPSA) is 42.2 Å². The molecule has 0 fully saturated rings. The summed E-state index contributed by atoms with van der Waals surface area (Å²) in [6.07, 6.45) is -5.70. The lowest BCUT2D eigenvalue weighted by atomic mass is 10.2. The number of thioether (sulfide) groups is 1. The summed E-state index contributed by atoms with van der Waals surface area (Å²) in [4.78, 5) is 12.8. The van der Waals surface area contributed by atoms with E-state index < -0.39 is 29.1 Å². The maximum atomic E-state index is 13.2. The zero-order valence-corrected chi connectivity index (χ0v) is 15.7. The molecule has 0 aliphatic carbocycles. The van der Waals surface area contributed by atoms with Crippen LogP contribution in [-0.4, -0.2) is 27.0 Å². The lowest BCUT2D eigenvalue weighted by Gasteiger charge is -2.17. The van der Waals surface area contributed by atoms with Crippen LogP contribution in [0.4, 0.5) is 22.0 Å². The highest BCUT2D eigenvalue weighted by atomic mass is 35.5. The fourth-order valence-corrected chi connectivity index (χ4v) is 4.39. The van der Waals surface area contributed by atoms with Crippen LogP contribution in [-0.2, 0) is 0 Å². The second-order valence-electron chi connectivity index (χ2n) is 5.56. The zero-order chi connectivity index (χ0) is 20.1. The van der Waals surface area contributed by atoms with E-state index in [1.54, 1.807) is 13.0 Å². The molecule has 0 spiro atoms. The third-order valence-electron chi connectivity index (χ3n) is 3.64. The number of benzene rings is 1. The van der Waals surface area contributed by atoms with Gasteiger partial charge < -0.3 is 5.11 Å². The van der Waals surface area contributed by atoms with Gasteiger partial charge in [-0.15, -0.1) is 11.3 Å². The van der Waals surface area contributed by atoms with Crippen molar-refractivity contribution in [2.24, 2.45) is 0 Å². The van der Waals surface area contributed by atoms with Crippen molar-refractivity contribution in [3.8, 4) is 5.75 Å². The van der Waals surface area contributed by atoms with Crippen molar-refractivity contribution in [2.45, 2.75) is 22.6 Å². The molecule has 0 aliphatic rings. The van der Waals surface area contributed by atoms with E-state index in [9.17, 15) is 31.9 Å². The number of rotatable bonds is 3. The van der Waals surface area contributed by atoms with Crippen LogP contribution in [0.25, 0.3) is 10.9 Å². The van der Waals surface area contributed by atoms with Crippen molar-refractivity contribution >= 4 is 51.5 Å². The molecule has 0 radical (unpaired) electrons. The van der Waals surface area contributed by atoms with Gasteiger partial charge in [0, 0.05) is 16.5 Å². The first-order valence-corrected chi connectivity index (χ1v) is 9.25. The summed E-state index contributed by atoms with van der Waals surface area (Å²) < 4.78 is 64.3. The average Bonchev–Trinajstić information content (AvgIpc) is 3.10. The van der Waals surface area contributed by atoms with Gasteiger partial charge in [0.1, 0.15) is 5.75 Å². The SMILES string of the molecule is Cc1cc2cc(O)c(Cl)cc2n1C(=O)c1csc(SC(F)(F)C(F)(F)F)c1. The maximum absolute atomic E-state index is 13.2. The number of carbonyl (C=O) groups is 1. The van der Waals surface area contributed by atoms with Crippen LogP contribution in [0.5, 0.6) is 5.75 Å². The molecule has 2 heterocycles. The van der Waals surface area contributed by atoms with Gasteiger partial charge in [-0.1, -0.05) is 11.6 Å². The molecule has 0 saturated carbocycles. The number of carbonyl (C=O) groups excluding carboxylic acids is 1. The van der Waals surface area contributed by atoms with E-state index in [1.807, 2.05) is 0 Å². The number of phenols is 1. The summed E-state index contributed by atoms with van der Waals surface area (Å²) in [5.41, 5.74) is 0.823. The second-order valence-corrected chi connectivity index (χ2v) is 8.29. The monoisotopic (exact) mass is 441 g/mol. The van der Waals surface area contributed by atoms with Crippen molar-refractivity contribution in [1.29, 1.82) is 0 Å². The van der Waals surface area contributed by atoms with Crippen LogP contribution in [0, 0.1) is 6.92 Å². The van der Waals surface area contributed by atoms with E-state index >= 15 is 0 Å². The van der Waals surface area contributed by atoms with Gasteiger partial charge in [-0.2, -0.15) is 22.0 Å². The molecular formula is C16H9ClF5NO2S2. The van der Waals surface area contributed by atoms with E-state index in [1.165, 1.54) is 22.1 Å². The molecule has 27 heavy (non-hydrogen) atoms. The number of phenolic OH excluding ortho intramolecular Hbond substituents is 1. The minimum atomic E-state index is -5.70. The number of fused-ring (bicyclic) bond motifs is 1. The van der Waals surface area contributed by atoms with Gasteiger partial charge in [0.2, 0.25) is 0 Å². The van der Waals surface area contributed by atoms with Crippen LogP contribution in [0.15, 0.2) is 33.9 Å². The molecule has 1 aromatic carbocycles. The number of hydrogen-bond donors (Lipinski definition) is 1. The Hall–Kier alpha value is -1.78. The summed E-state index contributed by atoms with van der Waals surface area (Å²) in [7, 11) is 0. The molecule has 0 aliphatic heterocycles. The molecule has 0 atom stereocenters. The highest BCUT2D eigenvalue weighted by Gasteiger charge is 2.58. The molecule has 3 aromatic rings. The molecule has 3 nitrogen and oxygen atoms in total. The number of halogens is 6. The van der Waals surface area contributed by atoms with Gasteiger partial charge in [0.25, 0.3) is 5.91 Å². The van der Waals surface area contributed by atoms with E-state index in [2.05, 4.69) is 0 Å². The minimum Gasteiger partial charge on any atom is -0.506 e. The zero-order valence-electron chi connectivity index (χ0n) is 13.3. The standard InChI is InChI=1S/C16H9ClF5NO2S2/c1-7-2-8-3-12(24)10(17)5-11(8)23(7)14(25)9-4-13(26-6-9)27-16(21,22)15(18,19)20/h2-6,24H,1H3. The summed E-state index contributed by atoms with van der Waals surface area (Å²) in [5, 5.41) is 6.45. The highest BCUT2D eigenvalue weighted by Crippen LogP contribution is 2.49. The maximum Gasteiger partial charge on any atom is 0.464 e. The first kappa shape index (κ1) is 20.0. The summed E-state index contributed by atoms with van der Waals surface area (Å²) in [5.74, 6) is -0.778. The Morgan fingerprint density at radius 1 is 1.19 bits per heavy atom. The van der Waals surface area contributed by atoms with Gasteiger partial charge in [0.15, 0.2) is 0 Å². The molecule has 11 heteroatoms. The highest BCUT2D eigenvalue weighted by molar-refractivity contribution is 8.02. The van der Waals surface area contributed by atoms with Crippen LogP contribution in [0.3, 0.4) is 0 Å². The molecule has 0 bridgehead atoms. The Balaban J connectivity index is 1.96. The van der Waals surface area contributed by atoms with Crippen LogP contribution < -0.4 is 0 Å². The predicted octanol–water partition coefficient (Wildman–Crippen LogP) is 6.31. The molecule has 0 saturated heterocycles. The average molecular weight is 442 g/mol. The Morgan fingerprint density at radius 2 is 1.85 bits per heavy atom. The lowest BCUT2D eigenvalue weighted by Crippen LogP contribution is -2.32. The normalized spacial score (nSPS) is 12.7. The molecule has 0 unspecified atom stereocenters. The Labute approximate surface area is 162 Å². The van der Waals surface area contributed by atoms with Gasteiger partial charge in [-0.25, -0.2) is 0 Å². The van der Waals surface area contributed by atoms with Gasteiger partial charge >= 0.3 is 11.4 Å². The van der Waals surface area contributed by atoms with E-state index in [-0.39, 0.29) is 20.5 Å².